The van der Waals surface area contributed by atoms with Crippen LogP contribution in [0.3, 0.4) is 0 Å². The molecule has 0 saturated carbocycles. The van der Waals surface area contributed by atoms with Gasteiger partial charge in [0.1, 0.15) is 5.78 Å². The van der Waals surface area contributed by atoms with Crippen LogP contribution in [0.4, 0.5) is 13.2 Å². The van der Waals surface area contributed by atoms with E-state index in [0.29, 0.717) is 0 Å². The van der Waals surface area contributed by atoms with Crippen LogP contribution in [0, 0.1) is 0 Å². The number of likely N-dealkylation sites (N-methyl/N-ethyl adjacent to an activating group) is 1. The second-order valence-electron chi connectivity index (χ2n) is 5.49. The Morgan fingerprint density at radius 1 is 1.41 bits per heavy atom. The number of hydrogen-bond acceptors (Lipinski definition) is 3. The molecule has 27 heavy (non-hydrogen) atoms. The van der Waals surface area contributed by atoms with Gasteiger partial charge in [0.25, 0.3) is 0 Å². The minimum atomic E-state index is -4.19. The van der Waals surface area contributed by atoms with Gasteiger partial charge in [0, 0.05) is 12.6 Å². The SMILES string of the molecule is C=CC.CC1=CCC(C(F)(F)F)=CC=C1.CC=NC.CC[C@H](NC)C(C)=O. The molecule has 0 aliphatic heterocycles. The van der Waals surface area contributed by atoms with Crippen molar-refractivity contribution in [3.05, 3.63) is 48.1 Å². The van der Waals surface area contributed by atoms with Crippen LogP contribution in [0.15, 0.2) is 53.1 Å². The fourth-order valence-corrected chi connectivity index (χ4v) is 1.63. The molecule has 1 aliphatic carbocycles. The molecule has 0 spiro atoms. The summed E-state index contributed by atoms with van der Waals surface area (Å²) in [4.78, 5) is 14.2. The van der Waals surface area contributed by atoms with E-state index >= 15 is 0 Å². The molecule has 0 saturated heterocycles. The van der Waals surface area contributed by atoms with Gasteiger partial charge in [-0.1, -0.05) is 42.9 Å². The van der Waals surface area contributed by atoms with Crippen molar-refractivity contribution in [2.45, 2.75) is 59.7 Å². The number of carbonyl (C=O) groups is 1. The van der Waals surface area contributed by atoms with Crippen LogP contribution in [-0.4, -0.2) is 38.3 Å². The molecule has 6 heteroatoms. The fourth-order valence-electron chi connectivity index (χ4n) is 1.63. The Labute approximate surface area is 162 Å². The molecular formula is C21H35F3N2O. The van der Waals surface area contributed by atoms with E-state index in [1.165, 1.54) is 6.08 Å². The van der Waals surface area contributed by atoms with E-state index < -0.39 is 11.7 Å². The quantitative estimate of drug-likeness (QED) is 0.486. The second kappa shape index (κ2) is 18.8. The maximum absolute atomic E-state index is 12.1. The first-order chi connectivity index (χ1) is 12.5. The summed E-state index contributed by atoms with van der Waals surface area (Å²) in [7, 11) is 3.55. The first-order valence-electron chi connectivity index (χ1n) is 8.78. The van der Waals surface area contributed by atoms with Crippen molar-refractivity contribution in [3.8, 4) is 0 Å². The number of alkyl halides is 3. The number of nitrogens with one attached hydrogen (secondary N) is 1. The third kappa shape index (κ3) is 20.2. The number of halogens is 3. The average Bonchev–Trinajstić information content (AvgIpc) is 2.81. The molecule has 0 amide bonds. The van der Waals surface area contributed by atoms with Crippen LogP contribution in [0.25, 0.3) is 0 Å². The standard InChI is InChI=1S/C9H9F3.C6H13NO.C3H7N.C3H6/c1-7-3-2-4-8(6-5-7)9(10,11)12;1-4-6(7-3)5(2)8;1-3-4-2;1-3-2/h2-5H,6H2,1H3;6-7H,4H2,1-3H3;3H,1-2H3;3H,1H2,2H3/t;6-;;/m.0../s1. The fraction of sp³-hybridized carbons (Fsp3) is 0.524. The third-order valence-corrected chi connectivity index (χ3v) is 3.17. The summed E-state index contributed by atoms with van der Waals surface area (Å²) in [5, 5.41) is 2.90. The predicted octanol–water partition coefficient (Wildman–Crippen LogP) is 5.85. The zero-order chi connectivity index (χ0) is 21.9. The lowest BCUT2D eigenvalue weighted by molar-refractivity contribution is -0.118. The smallest absolute Gasteiger partial charge is 0.311 e. The molecular weight excluding hydrogens is 353 g/mol. The number of carbonyl (C=O) groups excluding carboxylic acids is 1. The Hall–Kier alpha value is -1.95. The molecule has 0 bridgehead atoms. The van der Waals surface area contributed by atoms with Crippen molar-refractivity contribution in [1.29, 1.82) is 0 Å². The average molecular weight is 389 g/mol. The molecule has 3 nitrogen and oxygen atoms in total. The Kier molecular flexibility index (Phi) is 20.8. The maximum atomic E-state index is 12.1. The van der Waals surface area contributed by atoms with Gasteiger partial charge in [0.2, 0.25) is 0 Å². The summed E-state index contributed by atoms with van der Waals surface area (Å²) in [5.41, 5.74) is 0.376. The molecule has 0 heterocycles. The zero-order valence-electron chi connectivity index (χ0n) is 17.7. The first kappa shape index (κ1) is 29.8. The number of nitrogens with zero attached hydrogens (tertiary/aromatic N) is 1. The van der Waals surface area contributed by atoms with E-state index in [1.54, 1.807) is 52.4 Å². The Balaban J connectivity index is -0.000000332. The lowest BCUT2D eigenvalue weighted by Crippen LogP contribution is -2.31. The molecule has 1 N–H and O–H groups in total. The highest BCUT2D eigenvalue weighted by Gasteiger charge is 2.32. The van der Waals surface area contributed by atoms with Crippen LogP contribution in [0.5, 0.6) is 0 Å². The van der Waals surface area contributed by atoms with Gasteiger partial charge in [-0.2, -0.15) is 13.2 Å². The number of rotatable bonds is 3. The van der Waals surface area contributed by atoms with E-state index in [-0.39, 0.29) is 18.2 Å². The van der Waals surface area contributed by atoms with Gasteiger partial charge in [0.05, 0.1) is 6.04 Å². The minimum absolute atomic E-state index is 0.0255. The molecule has 0 unspecified atom stereocenters. The highest BCUT2D eigenvalue weighted by atomic mass is 19.4. The lowest BCUT2D eigenvalue weighted by atomic mass is 10.1. The Morgan fingerprint density at radius 2 is 1.89 bits per heavy atom. The van der Waals surface area contributed by atoms with E-state index in [0.717, 1.165) is 18.1 Å². The first-order valence-corrected chi connectivity index (χ1v) is 8.78. The van der Waals surface area contributed by atoms with Gasteiger partial charge in [-0.15, -0.1) is 6.58 Å². The maximum Gasteiger partial charge on any atom is 0.412 e. The number of Topliss-reactive ketones (excluding diaryl/α,β-unsaturated/α-hetero) is 1. The van der Waals surface area contributed by atoms with Gasteiger partial charge in [0.15, 0.2) is 0 Å². The lowest BCUT2D eigenvalue weighted by Gasteiger charge is -2.07. The third-order valence-electron chi connectivity index (χ3n) is 3.17. The number of aliphatic imine (C=N–C) groups is 1. The molecule has 1 rings (SSSR count). The van der Waals surface area contributed by atoms with Crippen molar-refractivity contribution < 1.29 is 18.0 Å². The van der Waals surface area contributed by atoms with Crippen LogP contribution < -0.4 is 5.32 Å². The Morgan fingerprint density at radius 3 is 2.15 bits per heavy atom. The summed E-state index contributed by atoms with van der Waals surface area (Å²) in [6.07, 6.45) is 5.95. The molecule has 1 aliphatic rings. The van der Waals surface area contributed by atoms with Gasteiger partial charge in [-0.05, 0) is 53.8 Å². The zero-order valence-corrected chi connectivity index (χ0v) is 17.7. The summed E-state index contributed by atoms with van der Waals surface area (Å²) in [6, 6.07) is 0.0648. The molecule has 0 aromatic rings. The largest absolute Gasteiger partial charge is 0.412 e. The monoisotopic (exact) mass is 388 g/mol. The van der Waals surface area contributed by atoms with Crippen LogP contribution in [0.1, 0.15) is 47.5 Å². The number of allylic oxidation sites excluding steroid dienone is 7. The van der Waals surface area contributed by atoms with Crippen LogP contribution in [0.2, 0.25) is 0 Å². The number of ketones is 1. The van der Waals surface area contributed by atoms with E-state index in [1.807, 2.05) is 20.8 Å². The molecule has 0 radical (unpaired) electrons. The van der Waals surface area contributed by atoms with Gasteiger partial charge in [-0.3, -0.25) is 4.79 Å². The summed E-state index contributed by atoms with van der Waals surface area (Å²) in [5.74, 6) is 0.218. The van der Waals surface area contributed by atoms with E-state index in [2.05, 4.69) is 16.9 Å². The van der Waals surface area contributed by atoms with Gasteiger partial charge < -0.3 is 10.3 Å². The number of hydrogen-bond donors (Lipinski definition) is 1. The minimum Gasteiger partial charge on any atom is -0.311 e. The predicted molar refractivity (Wildman–Crippen MR) is 111 cm³/mol. The molecule has 0 aromatic heterocycles. The molecule has 156 valence electrons. The van der Waals surface area contributed by atoms with Crippen molar-refractivity contribution in [3.63, 3.8) is 0 Å². The summed E-state index contributed by atoms with van der Waals surface area (Å²) < 4.78 is 36.4. The highest BCUT2D eigenvalue weighted by molar-refractivity contribution is 5.81. The van der Waals surface area contributed by atoms with Gasteiger partial charge in [-0.25, -0.2) is 0 Å². The summed E-state index contributed by atoms with van der Waals surface area (Å²) in [6.45, 7) is 12.5. The van der Waals surface area contributed by atoms with Crippen molar-refractivity contribution in [2.75, 3.05) is 14.1 Å². The van der Waals surface area contributed by atoms with Crippen LogP contribution >= 0.6 is 0 Å². The molecule has 0 fully saturated rings. The van der Waals surface area contributed by atoms with Crippen molar-refractivity contribution >= 4 is 12.0 Å². The molecule has 1 atom stereocenters. The van der Waals surface area contributed by atoms with Crippen molar-refractivity contribution in [1.82, 2.24) is 5.32 Å². The van der Waals surface area contributed by atoms with Crippen LogP contribution in [-0.2, 0) is 4.79 Å². The topological polar surface area (TPSA) is 41.5 Å². The second-order valence-corrected chi connectivity index (χ2v) is 5.49. The van der Waals surface area contributed by atoms with E-state index in [4.69, 9.17) is 0 Å². The molecule has 0 aromatic carbocycles. The summed E-state index contributed by atoms with van der Waals surface area (Å²) >= 11 is 0. The highest BCUT2D eigenvalue weighted by Crippen LogP contribution is 2.29. The van der Waals surface area contributed by atoms with E-state index in [9.17, 15) is 18.0 Å². The van der Waals surface area contributed by atoms with Crippen molar-refractivity contribution in [2.24, 2.45) is 4.99 Å². The Bertz CT molecular complexity index is 505. The van der Waals surface area contributed by atoms with Gasteiger partial charge >= 0.3 is 6.18 Å². The normalized spacial score (nSPS) is 14.0.